The van der Waals surface area contributed by atoms with E-state index in [2.05, 4.69) is 4.90 Å². The summed E-state index contributed by atoms with van der Waals surface area (Å²) in [7, 11) is -2.47. The van der Waals surface area contributed by atoms with Gasteiger partial charge >= 0.3 is 6.09 Å². The minimum Gasteiger partial charge on any atom is -0.497 e. The molecular weight excluding hydrogens is 533 g/mol. The molecule has 0 N–H and O–H groups in total. The third-order valence-electron chi connectivity index (χ3n) is 8.61. The van der Waals surface area contributed by atoms with E-state index in [0.717, 1.165) is 19.5 Å². The van der Waals surface area contributed by atoms with Gasteiger partial charge in [-0.2, -0.15) is 4.31 Å². The lowest BCUT2D eigenvalue weighted by Gasteiger charge is -2.42. The van der Waals surface area contributed by atoms with E-state index in [4.69, 9.17) is 9.47 Å². The topological polar surface area (TPSA) is 79.4 Å². The third kappa shape index (κ3) is 6.44. The number of methoxy groups -OCH3 is 1. The number of ether oxygens (including phenoxy) is 2. The van der Waals surface area contributed by atoms with Gasteiger partial charge in [0.15, 0.2) is 0 Å². The van der Waals surface area contributed by atoms with Crippen LogP contribution in [0.3, 0.4) is 0 Å². The molecule has 0 aromatic heterocycles. The van der Waals surface area contributed by atoms with Crippen molar-refractivity contribution in [1.82, 2.24) is 14.1 Å². The van der Waals surface area contributed by atoms with E-state index < -0.39 is 34.0 Å². The lowest BCUT2D eigenvalue weighted by molar-refractivity contribution is 0.0382. The molecule has 0 spiro atoms. The molecule has 10 heteroatoms. The van der Waals surface area contributed by atoms with Crippen LogP contribution in [0, 0.1) is 5.82 Å². The highest BCUT2D eigenvalue weighted by atomic mass is 32.2. The van der Waals surface area contributed by atoms with Crippen molar-refractivity contribution in [3.8, 4) is 5.75 Å². The van der Waals surface area contributed by atoms with Gasteiger partial charge in [-0.15, -0.1) is 0 Å². The highest BCUT2D eigenvalue weighted by molar-refractivity contribution is 7.89. The Hall–Kier alpha value is -2.69. The summed E-state index contributed by atoms with van der Waals surface area (Å²) in [6.45, 7) is 2.84. The number of hydrogen-bond donors (Lipinski definition) is 0. The van der Waals surface area contributed by atoms with Gasteiger partial charge in [-0.05, 0) is 74.1 Å². The fourth-order valence-corrected chi connectivity index (χ4v) is 8.29. The summed E-state index contributed by atoms with van der Waals surface area (Å²) in [6, 6.07) is 11.8. The molecule has 2 aromatic rings. The van der Waals surface area contributed by atoms with E-state index in [1.54, 1.807) is 29.2 Å². The maximum Gasteiger partial charge on any atom is 0.409 e. The van der Waals surface area contributed by atoms with Crippen LogP contribution in [0.25, 0.3) is 0 Å². The molecule has 3 fully saturated rings. The van der Waals surface area contributed by atoms with Crippen LogP contribution in [0.2, 0.25) is 0 Å². The lowest BCUT2D eigenvalue weighted by atomic mass is 9.93. The summed E-state index contributed by atoms with van der Waals surface area (Å²) in [4.78, 5) is 17.4. The molecule has 3 aliphatic rings. The van der Waals surface area contributed by atoms with Gasteiger partial charge in [0.2, 0.25) is 10.0 Å². The Morgan fingerprint density at radius 3 is 2.33 bits per heavy atom. The van der Waals surface area contributed by atoms with Crippen molar-refractivity contribution in [2.45, 2.75) is 74.4 Å². The molecule has 40 heavy (non-hydrogen) atoms. The molecule has 2 atom stereocenters. The highest BCUT2D eigenvalue weighted by Crippen LogP contribution is 2.39. The highest BCUT2D eigenvalue weighted by Gasteiger charge is 2.41. The maximum absolute atomic E-state index is 14.2. The number of sulfonamides is 1. The molecule has 8 nitrogen and oxygen atoms in total. The number of rotatable bonds is 7. The van der Waals surface area contributed by atoms with E-state index >= 15 is 0 Å². The SMILES string of the molecule is COc1ccc(S(=O)(=O)N2[C@@H](COC(=O)N3CCN(C4CCCCC4)CC3)CCC[C@H]2c2cccc(F)c2)cc1. The normalized spacial score (nSPS) is 23.6. The van der Waals surface area contributed by atoms with Crippen LogP contribution in [-0.4, -0.2) is 80.6 Å². The van der Waals surface area contributed by atoms with Crippen LogP contribution in [0.15, 0.2) is 53.4 Å². The monoisotopic (exact) mass is 573 g/mol. The number of halogens is 1. The third-order valence-corrected chi connectivity index (χ3v) is 10.6. The average Bonchev–Trinajstić information content (AvgIpc) is 3.00. The van der Waals surface area contributed by atoms with Gasteiger partial charge in [0.1, 0.15) is 18.2 Å². The van der Waals surface area contributed by atoms with Crippen molar-refractivity contribution in [2.75, 3.05) is 39.9 Å². The Morgan fingerprint density at radius 1 is 0.925 bits per heavy atom. The van der Waals surface area contributed by atoms with Gasteiger partial charge < -0.3 is 14.4 Å². The maximum atomic E-state index is 14.2. The molecule has 1 amide bonds. The Labute approximate surface area is 237 Å². The second kappa shape index (κ2) is 12.9. The number of nitrogens with zero attached hydrogens (tertiary/aromatic N) is 3. The van der Waals surface area contributed by atoms with Crippen molar-refractivity contribution in [3.63, 3.8) is 0 Å². The van der Waals surface area contributed by atoms with E-state index in [1.165, 1.54) is 67.8 Å². The van der Waals surface area contributed by atoms with Crippen molar-refractivity contribution in [1.29, 1.82) is 0 Å². The summed E-state index contributed by atoms with van der Waals surface area (Å²) in [5, 5.41) is 0. The lowest BCUT2D eigenvalue weighted by Crippen LogP contribution is -2.53. The van der Waals surface area contributed by atoms with Crippen LogP contribution in [0.4, 0.5) is 9.18 Å². The standard InChI is InChI=1S/C30H40FN3O5S/c1-38-27-13-15-28(16-14-27)40(36,37)34-26(11-6-12-29(34)23-7-5-8-24(31)21-23)22-39-30(35)33-19-17-32(18-20-33)25-9-3-2-4-10-25/h5,7-8,13-16,21,25-26,29H,2-4,6,9-12,17-20,22H2,1H3/t26-,29+/m1/s1. The van der Waals surface area contributed by atoms with Crippen LogP contribution in [0.1, 0.15) is 63.0 Å². The number of piperidine rings is 1. The van der Waals surface area contributed by atoms with Gasteiger partial charge in [-0.3, -0.25) is 4.90 Å². The molecular formula is C30H40FN3O5S. The second-order valence-electron chi connectivity index (χ2n) is 11.1. The molecule has 2 saturated heterocycles. The Kier molecular flexibility index (Phi) is 9.27. The molecule has 1 aliphatic carbocycles. The van der Waals surface area contributed by atoms with Gasteiger partial charge in [-0.25, -0.2) is 17.6 Å². The summed E-state index contributed by atoms with van der Waals surface area (Å²) >= 11 is 0. The first kappa shape index (κ1) is 28.8. The van der Waals surface area contributed by atoms with Gasteiger partial charge in [0.25, 0.3) is 0 Å². The van der Waals surface area contributed by atoms with Crippen molar-refractivity contribution in [3.05, 3.63) is 59.9 Å². The summed E-state index contributed by atoms with van der Waals surface area (Å²) < 4.78 is 54.7. The van der Waals surface area contributed by atoms with Gasteiger partial charge in [0.05, 0.1) is 24.1 Å². The minimum atomic E-state index is -4.00. The molecule has 0 radical (unpaired) electrons. The minimum absolute atomic E-state index is 0.0527. The molecule has 2 heterocycles. The molecule has 0 bridgehead atoms. The van der Waals surface area contributed by atoms with Crippen molar-refractivity contribution >= 4 is 16.1 Å². The van der Waals surface area contributed by atoms with Crippen LogP contribution >= 0.6 is 0 Å². The predicted octanol–water partition coefficient (Wildman–Crippen LogP) is 5.21. The van der Waals surface area contributed by atoms with E-state index in [0.29, 0.717) is 43.3 Å². The van der Waals surface area contributed by atoms with Crippen LogP contribution < -0.4 is 4.74 Å². The fourth-order valence-electron chi connectivity index (χ4n) is 6.45. The molecule has 2 aromatic carbocycles. The van der Waals surface area contributed by atoms with Gasteiger partial charge in [0, 0.05) is 32.2 Å². The van der Waals surface area contributed by atoms with E-state index in [1.807, 2.05) is 0 Å². The first-order valence-electron chi connectivity index (χ1n) is 14.5. The second-order valence-corrected chi connectivity index (χ2v) is 12.9. The first-order chi connectivity index (χ1) is 19.4. The number of hydrogen-bond acceptors (Lipinski definition) is 6. The zero-order chi connectivity index (χ0) is 28.1. The van der Waals surface area contributed by atoms with Crippen molar-refractivity contribution < 1.29 is 27.1 Å². The number of carbonyl (C=O) groups excluding carboxylic acids is 1. The molecule has 1 saturated carbocycles. The summed E-state index contributed by atoms with van der Waals surface area (Å²) in [5.41, 5.74) is 0.590. The van der Waals surface area contributed by atoms with Crippen molar-refractivity contribution in [2.24, 2.45) is 0 Å². The van der Waals surface area contributed by atoms with Crippen LogP contribution in [0.5, 0.6) is 5.75 Å². The fraction of sp³-hybridized carbons (Fsp3) is 0.567. The van der Waals surface area contributed by atoms with Gasteiger partial charge in [-0.1, -0.05) is 31.4 Å². The zero-order valence-corrected chi connectivity index (χ0v) is 24.0. The number of benzene rings is 2. The molecule has 5 rings (SSSR count). The Balaban J connectivity index is 1.30. The first-order valence-corrected chi connectivity index (χ1v) is 15.9. The average molecular weight is 574 g/mol. The quantitative estimate of drug-likeness (QED) is 0.453. The zero-order valence-electron chi connectivity index (χ0n) is 23.2. The van der Waals surface area contributed by atoms with E-state index in [9.17, 15) is 17.6 Å². The number of amides is 1. The largest absolute Gasteiger partial charge is 0.497 e. The number of piperazine rings is 1. The van der Waals surface area contributed by atoms with E-state index in [-0.39, 0.29) is 11.5 Å². The molecule has 218 valence electrons. The number of carbonyl (C=O) groups is 1. The Morgan fingerprint density at radius 2 is 1.65 bits per heavy atom. The predicted molar refractivity (Wildman–Crippen MR) is 150 cm³/mol. The smallest absolute Gasteiger partial charge is 0.409 e. The summed E-state index contributed by atoms with van der Waals surface area (Å²) in [6.07, 6.45) is 7.76. The molecule has 2 aliphatic heterocycles. The Bertz CT molecular complexity index is 1240. The summed E-state index contributed by atoms with van der Waals surface area (Å²) in [5.74, 6) is 0.133. The van der Waals surface area contributed by atoms with Crippen LogP contribution in [-0.2, 0) is 14.8 Å². The molecule has 0 unspecified atom stereocenters.